The summed E-state index contributed by atoms with van der Waals surface area (Å²) in [6.45, 7) is 4.38. The van der Waals surface area contributed by atoms with Gasteiger partial charge in [0.25, 0.3) is 0 Å². The van der Waals surface area contributed by atoms with Gasteiger partial charge in [-0.05, 0) is 25.0 Å². The van der Waals surface area contributed by atoms with Crippen molar-refractivity contribution in [3.63, 3.8) is 0 Å². The van der Waals surface area contributed by atoms with E-state index in [1.807, 2.05) is 37.3 Å². The standard InChI is InChI=1S/C18H25N7O.HI/c1-14-4-5-15(10-21-14)6-7-20-18(19-2)24-8-9-25(17(26)13-24)16-11-22-23(3)12-16;/h4-5,10-12H,6-9,13H2,1-3H3,(H,19,20);1H. The van der Waals surface area contributed by atoms with Crippen LogP contribution in [0.25, 0.3) is 0 Å². The normalized spacial score (nSPS) is 14.9. The minimum Gasteiger partial charge on any atom is -0.356 e. The van der Waals surface area contributed by atoms with Crippen LogP contribution in [0.1, 0.15) is 11.3 Å². The molecule has 8 nitrogen and oxygen atoms in total. The highest BCUT2D eigenvalue weighted by molar-refractivity contribution is 14.0. The van der Waals surface area contributed by atoms with E-state index in [1.54, 1.807) is 22.8 Å². The number of piperazine rings is 1. The Balaban J connectivity index is 0.00000261. The van der Waals surface area contributed by atoms with Crippen molar-refractivity contribution >= 4 is 41.5 Å². The van der Waals surface area contributed by atoms with Crippen LogP contribution in [0.5, 0.6) is 0 Å². The molecule has 146 valence electrons. The molecule has 0 aliphatic carbocycles. The molecule has 9 heteroatoms. The number of carbonyl (C=O) groups excluding carboxylic acids is 1. The van der Waals surface area contributed by atoms with Crippen molar-refractivity contribution in [2.45, 2.75) is 13.3 Å². The lowest BCUT2D eigenvalue weighted by atomic mass is 10.2. The van der Waals surface area contributed by atoms with Crippen molar-refractivity contribution < 1.29 is 4.79 Å². The summed E-state index contributed by atoms with van der Waals surface area (Å²) in [6.07, 6.45) is 6.33. The topological polar surface area (TPSA) is 78.7 Å². The highest BCUT2D eigenvalue weighted by atomic mass is 127. The zero-order chi connectivity index (χ0) is 18.5. The zero-order valence-electron chi connectivity index (χ0n) is 15.9. The van der Waals surface area contributed by atoms with Gasteiger partial charge in [0, 0.05) is 51.8 Å². The van der Waals surface area contributed by atoms with Gasteiger partial charge in [-0.25, -0.2) is 0 Å². The van der Waals surface area contributed by atoms with E-state index in [-0.39, 0.29) is 29.9 Å². The first-order valence-corrected chi connectivity index (χ1v) is 8.73. The van der Waals surface area contributed by atoms with Crippen LogP contribution in [0, 0.1) is 6.92 Å². The van der Waals surface area contributed by atoms with Crippen LogP contribution in [0.3, 0.4) is 0 Å². The van der Waals surface area contributed by atoms with Crippen LogP contribution in [0.2, 0.25) is 0 Å². The van der Waals surface area contributed by atoms with Gasteiger partial charge in [-0.15, -0.1) is 24.0 Å². The maximum atomic E-state index is 12.5. The molecular formula is C18H26IN7O. The zero-order valence-corrected chi connectivity index (χ0v) is 18.3. The second kappa shape index (κ2) is 9.67. The van der Waals surface area contributed by atoms with Gasteiger partial charge in [-0.1, -0.05) is 6.07 Å². The van der Waals surface area contributed by atoms with Crippen LogP contribution in [0.4, 0.5) is 5.69 Å². The van der Waals surface area contributed by atoms with Crippen LogP contribution < -0.4 is 10.2 Å². The lowest BCUT2D eigenvalue weighted by Gasteiger charge is -2.35. The molecular weight excluding hydrogens is 457 g/mol. The summed E-state index contributed by atoms with van der Waals surface area (Å²) >= 11 is 0. The summed E-state index contributed by atoms with van der Waals surface area (Å²) < 4.78 is 1.70. The summed E-state index contributed by atoms with van der Waals surface area (Å²) in [6, 6.07) is 4.10. The second-order valence-corrected chi connectivity index (χ2v) is 6.37. The molecule has 0 spiro atoms. The fraction of sp³-hybridized carbons (Fsp3) is 0.444. The molecule has 1 saturated heterocycles. The number of anilines is 1. The predicted molar refractivity (Wildman–Crippen MR) is 117 cm³/mol. The first kappa shape index (κ1) is 21.1. The van der Waals surface area contributed by atoms with Crippen molar-refractivity contribution in [1.29, 1.82) is 0 Å². The fourth-order valence-corrected chi connectivity index (χ4v) is 2.97. The number of hydrogen-bond donors (Lipinski definition) is 1. The smallest absolute Gasteiger partial charge is 0.246 e. The molecule has 0 atom stereocenters. The van der Waals surface area contributed by atoms with Gasteiger partial charge in [0.2, 0.25) is 5.91 Å². The molecule has 3 heterocycles. The number of guanidine groups is 1. The minimum absolute atomic E-state index is 0. The molecule has 27 heavy (non-hydrogen) atoms. The Morgan fingerprint density at radius 2 is 2.11 bits per heavy atom. The van der Waals surface area contributed by atoms with Crippen molar-refractivity contribution in [2.24, 2.45) is 12.0 Å². The summed E-state index contributed by atoms with van der Waals surface area (Å²) in [7, 11) is 3.59. The summed E-state index contributed by atoms with van der Waals surface area (Å²) in [5, 5.41) is 7.48. The lowest BCUT2D eigenvalue weighted by molar-refractivity contribution is -0.120. The Morgan fingerprint density at radius 1 is 1.30 bits per heavy atom. The Bertz CT molecular complexity index is 787. The van der Waals surface area contributed by atoms with Crippen LogP contribution in [-0.4, -0.2) is 64.8 Å². The number of pyridine rings is 1. The highest BCUT2D eigenvalue weighted by Crippen LogP contribution is 2.16. The van der Waals surface area contributed by atoms with E-state index in [9.17, 15) is 4.79 Å². The molecule has 1 aliphatic heterocycles. The molecule has 1 fully saturated rings. The number of aryl methyl sites for hydroxylation is 2. The van der Waals surface area contributed by atoms with E-state index >= 15 is 0 Å². The maximum absolute atomic E-state index is 12.5. The Labute approximate surface area is 176 Å². The number of aliphatic imine (C=N–C) groups is 1. The number of hydrogen-bond acceptors (Lipinski definition) is 4. The molecule has 2 aromatic heterocycles. The molecule has 1 aliphatic rings. The number of carbonyl (C=O) groups is 1. The van der Waals surface area contributed by atoms with Gasteiger partial charge in [0.05, 0.1) is 11.9 Å². The third kappa shape index (κ3) is 5.41. The molecule has 1 N–H and O–H groups in total. The molecule has 0 bridgehead atoms. The van der Waals surface area contributed by atoms with E-state index in [1.165, 1.54) is 5.56 Å². The molecule has 0 aromatic carbocycles. The lowest BCUT2D eigenvalue weighted by Crippen LogP contribution is -2.55. The molecule has 1 amide bonds. The quantitative estimate of drug-likeness (QED) is 0.402. The molecule has 2 aromatic rings. The number of halogens is 1. The van der Waals surface area contributed by atoms with Crippen molar-refractivity contribution in [2.75, 3.05) is 38.1 Å². The van der Waals surface area contributed by atoms with Gasteiger partial charge in [0.15, 0.2) is 5.96 Å². The van der Waals surface area contributed by atoms with E-state index < -0.39 is 0 Å². The third-order valence-corrected chi connectivity index (χ3v) is 4.40. The second-order valence-electron chi connectivity index (χ2n) is 6.37. The number of amides is 1. The van der Waals surface area contributed by atoms with Crippen molar-refractivity contribution in [3.8, 4) is 0 Å². The van der Waals surface area contributed by atoms with E-state index in [0.717, 1.165) is 36.9 Å². The van der Waals surface area contributed by atoms with E-state index in [0.29, 0.717) is 13.1 Å². The molecule has 3 rings (SSSR count). The number of aromatic nitrogens is 3. The first-order chi connectivity index (χ1) is 12.6. The fourth-order valence-electron chi connectivity index (χ4n) is 2.97. The van der Waals surface area contributed by atoms with Crippen molar-refractivity contribution in [3.05, 3.63) is 42.0 Å². The van der Waals surface area contributed by atoms with Crippen LogP contribution >= 0.6 is 24.0 Å². The van der Waals surface area contributed by atoms with Gasteiger partial charge >= 0.3 is 0 Å². The molecule has 0 radical (unpaired) electrons. The van der Waals surface area contributed by atoms with Gasteiger partial charge < -0.3 is 15.1 Å². The molecule has 0 unspecified atom stereocenters. The number of nitrogens with zero attached hydrogens (tertiary/aromatic N) is 6. The summed E-state index contributed by atoms with van der Waals surface area (Å²) in [5.74, 6) is 0.805. The number of nitrogens with one attached hydrogen (secondary N) is 1. The first-order valence-electron chi connectivity index (χ1n) is 8.73. The number of rotatable bonds is 4. The van der Waals surface area contributed by atoms with Crippen LogP contribution in [-0.2, 0) is 18.3 Å². The maximum Gasteiger partial charge on any atom is 0.246 e. The Kier molecular flexibility index (Phi) is 7.57. The van der Waals surface area contributed by atoms with E-state index in [2.05, 4.69) is 26.5 Å². The minimum atomic E-state index is 0. The van der Waals surface area contributed by atoms with Gasteiger partial charge in [-0.2, -0.15) is 5.10 Å². The SMILES string of the molecule is CN=C(NCCc1ccc(C)nc1)N1CCN(c2cnn(C)c2)C(=O)C1.I. The third-order valence-electron chi connectivity index (χ3n) is 4.40. The Hall–Kier alpha value is -2.17. The highest BCUT2D eigenvalue weighted by Gasteiger charge is 2.27. The predicted octanol–water partition coefficient (Wildman–Crippen LogP) is 1.21. The average molecular weight is 483 g/mol. The largest absolute Gasteiger partial charge is 0.356 e. The van der Waals surface area contributed by atoms with Crippen molar-refractivity contribution in [1.82, 2.24) is 25.0 Å². The van der Waals surface area contributed by atoms with E-state index in [4.69, 9.17) is 0 Å². The molecule has 0 saturated carbocycles. The van der Waals surface area contributed by atoms with Crippen LogP contribution in [0.15, 0.2) is 35.7 Å². The Morgan fingerprint density at radius 3 is 2.70 bits per heavy atom. The summed E-state index contributed by atoms with van der Waals surface area (Å²) in [5.41, 5.74) is 3.03. The van der Waals surface area contributed by atoms with Gasteiger partial charge in [-0.3, -0.25) is 19.5 Å². The van der Waals surface area contributed by atoms with Gasteiger partial charge in [0.1, 0.15) is 6.54 Å². The summed E-state index contributed by atoms with van der Waals surface area (Å²) in [4.78, 5) is 24.9. The monoisotopic (exact) mass is 483 g/mol. The average Bonchev–Trinajstić information content (AvgIpc) is 3.06.